The molecule has 3 atom stereocenters. The molecule has 214 valence electrons. The summed E-state index contributed by atoms with van der Waals surface area (Å²) >= 11 is 0. The molecule has 0 saturated carbocycles. The molecule has 40 heavy (non-hydrogen) atoms. The molecule has 1 saturated heterocycles. The highest BCUT2D eigenvalue weighted by molar-refractivity contribution is 5.96. The third kappa shape index (κ3) is 6.38. The maximum Gasteiger partial charge on any atom is 0.416 e. The van der Waals surface area contributed by atoms with Gasteiger partial charge >= 0.3 is 12.1 Å². The number of ether oxygens (including phenoxy) is 2. The molecule has 10 heteroatoms. The van der Waals surface area contributed by atoms with Gasteiger partial charge in [-0.25, -0.2) is 4.79 Å². The number of nitrogens with zero attached hydrogens (tertiary/aromatic N) is 2. The van der Waals surface area contributed by atoms with Crippen LogP contribution in [0.2, 0.25) is 0 Å². The number of carbonyl (C=O) groups excluding carboxylic acids is 3. The summed E-state index contributed by atoms with van der Waals surface area (Å²) in [4.78, 5) is 42.8. The Morgan fingerprint density at radius 3 is 2.30 bits per heavy atom. The number of rotatable bonds is 6. The van der Waals surface area contributed by atoms with E-state index in [2.05, 4.69) is 0 Å². The molecule has 2 amide bonds. The van der Waals surface area contributed by atoms with E-state index in [1.165, 1.54) is 17.0 Å². The van der Waals surface area contributed by atoms with Gasteiger partial charge in [-0.15, -0.1) is 0 Å². The summed E-state index contributed by atoms with van der Waals surface area (Å²) in [6.45, 7) is 8.31. The average molecular weight is 559 g/mol. The highest BCUT2D eigenvalue weighted by Gasteiger charge is 2.38. The Balaban J connectivity index is 1.62. The second kappa shape index (κ2) is 11.8. The Morgan fingerprint density at radius 1 is 1.05 bits per heavy atom. The summed E-state index contributed by atoms with van der Waals surface area (Å²) < 4.78 is 50.3. The van der Waals surface area contributed by atoms with Crippen molar-refractivity contribution in [3.63, 3.8) is 0 Å². The fraction of sp³-hybridized carbons (Fsp3) is 0.433. The number of benzene rings is 2. The molecule has 0 spiro atoms. The first kappa shape index (κ1) is 29.3. The van der Waals surface area contributed by atoms with Crippen LogP contribution in [0, 0.1) is 0 Å². The molecular formula is C30H33F3N2O5. The molecule has 0 aromatic heterocycles. The summed E-state index contributed by atoms with van der Waals surface area (Å²) in [5, 5.41) is 0. The molecule has 0 radical (unpaired) electrons. The zero-order valence-electron chi connectivity index (χ0n) is 23.0. The second-order valence-corrected chi connectivity index (χ2v) is 10.2. The molecule has 4 rings (SSSR count). The Labute approximate surface area is 231 Å². The normalized spacial score (nSPS) is 22.0. The minimum Gasteiger partial charge on any atom is -0.463 e. The van der Waals surface area contributed by atoms with Crippen LogP contribution in [0.1, 0.15) is 67.1 Å². The monoisotopic (exact) mass is 558 g/mol. The lowest BCUT2D eigenvalue weighted by atomic mass is 9.83. The third-order valence-corrected chi connectivity index (χ3v) is 7.18. The van der Waals surface area contributed by atoms with E-state index in [-0.39, 0.29) is 49.2 Å². The van der Waals surface area contributed by atoms with Crippen LogP contribution < -0.4 is 0 Å². The Morgan fingerprint density at radius 2 is 1.70 bits per heavy atom. The van der Waals surface area contributed by atoms with Crippen molar-refractivity contribution in [2.45, 2.75) is 65.0 Å². The molecule has 2 aliphatic rings. The molecule has 2 aromatic carbocycles. The van der Waals surface area contributed by atoms with Gasteiger partial charge in [-0.3, -0.25) is 9.59 Å². The molecule has 1 fully saturated rings. The molecule has 2 aliphatic heterocycles. The predicted octanol–water partition coefficient (Wildman–Crippen LogP) is 5.31. The number of hydrogen-bond acceptors (Lipinski definition) is 5. The van der Waals surface area contributed by atoms with Gasteiger partial charge in [0.05, 0.1) is 36.5 Å². The van der Waals surface area contributed by atoms with E-state index >= 15 is 0 Å². The minimum atomic E-state index is -4.50. The van der Waals surface area contributed by atoms with E-state index in [1.54, 1.807) is 43.0 Å². The lowest BCUT2D eigenvalue weighted by Crippen LogP contribution is -2.48. The lowest BCUT2D eigenvalue weighted by molar-refractivity contribution is -0.140. The smallest absolute Gasteiger partial charge is 0.416 e. The van der Waals surface area contributed by atoms with Gasteiger partial charge in [0.15, 0.2) is 0 Å². The van der Waals surface area contributed by atoms with E-state index in [9.17, 15) is 27.6 Å². The molecule has 0 aliphatic carbocycles. The Bertz CT molecular complexity index is 1300. The van der Waals surface area contributed by atoms with Crippen LogP contribution in [0.4, 0.5) is 13.2 Å². The number of amides is 2. The van der Waals surface area contributed by atoms with Crippen molar-refractivity contribution < 1.29 is 37.0 Å². The van der Waals surface area contributed by atoms with Gasteiger partial charge in [0.1, 0.15) is 0 Å². The maximum atomic E-state index is 13.4. The van der Waals surface area contributed by atoms with Gasteiger partial charge in [0, 0.05) is 36.7 Å². The van der Waals surface area contributed by atoms with Crippen LogP contribution >= 0.6 is 0 Å². The number of halogens is 3. The summed E-state index contributed by atoms with van der Waals surface area (Å²) in [5.74, 6) is -1.79. The summed E-state index contributed by atoms with van der Waals surface area (Å²) in [6, 6.07) is 11.5. The predicted molar refractivity (Wildman–Crippen MR) is 141 cm³/mol. The minimum absolute atomic E-state index is 0.0754. The van der Waals surface area contributed by atoms with Crippen molar-refractivity contribution in [3.05, 3.63) is 82.1 Å². The molecule has 7 nitrogen and oxygen atoms in total. The molecule has 0 N–H and O–H groups in total. The van der Waals surface area contributed by atoms with Gasteiger partial charge in [-0.1, -0.05) is 24.3 Å². The molecule has 2 aromatic rings. The van der Waals surface area contributed by atoms with E-state index in [0.717, 1.165) is 12.1 Å². The van der Waals surface area contributed by atoms with Crippen LogP contribution in [0.15, 0.2) is 59.8 Å². The summed E-state index contributed by atoms with van der Waals surface area (Å²) in [5.41, 5.74) is 1.39. The Kier molecular flexibility index (Phi) is 8.68. The number of esters is 1. The summed E-state index contributed by atoms with van der Waals surface area (Å²) in [6.07, 6.45) is -4.76. The topological polar surface area (TPSA) is 76.2 Å². The largest absolute Gasteiger partial charge is 0.463 e. The van der Waals surface area contributed by atoms with Crippen LogP contribution in [0.3, 0.4) is 0 Å². The van der Waals surface area contributed by atoms with Gasteiger partial charge in [-0.05, 0) is 63.1 Å². The van der Waals surface area contributed by atoms with Crippen LogP contribution in [0.5, 0.6) is 0 Å². The molecule has 2 heterocycles. The van der Waals surface area contributed by atoms with Crippen molar-refractivity contribution in [1.29, 1.82) is 0 Å². The van der Waals surface area contributed by atoms with Gasteiger partial charge in [-0.2, -0.15) is 13.2 Å². The number of carbonyl (C=O) groups is 3. The van der Waals surface area contributed by atoms with Crippen molar-refractivity contribution in [2.75, 3.05) is 19.7 Å². The summed E-state index contributed by atoms with van der Waals surface area (Å²) in [7, 11) is 0. The SMILES string of the molecule is CCOC(=O)C1=C(C)N(Cc2cccc(C(=O)N3CC(C)OC(C)C3)c2)C(=O)CC1c1ccc(C(F)(F)F)cc1. The first-order chi connectivity index (χ1) is 18.9. The maximum absolute atomic E-state index is 13.4. The van der Waals surface area contributed by atoms with Crippen molar-refractivity contribution in [1.82, 2.24) is 9.80 Å². The van der Waals surface area contributed by atoms with Gasteiger partial charge < -0.3 is 19.3 Å². The Hall–Kier alpha value is -3.66. The third-order valence-electron chi connectivity index (χ3n) is 7.18. The van der Waals surface area contributed by atoms with Crippen molar-refractivity contribution in [2.24, 2.45) is 0 Å². The van der Waals surface area contributed by atoms with E-state index in [4.69, 9.17) is 9.47 Å². The first-order valence-electron chi connectivity index (χ1n) is 13.3. The zero-order valence-corrected chi connectivity index (χ0v) is 23.0. The fourth-order valence-corrected chi connectivity index (χ4v) is 5.38. The van der Waals surface area contributed by atoms with Gasteiger partial charge in [0.25, 0.3) is 5.91 Å². The number of allylic oxidation sites excluding steroid dienone is 1. The number of alkyl halides is 3. The second-order valence-electron chi connectivity index (χ2n) is 10.2. The lowest BCUT2D eigenvalue weighted by Gasteiger charge is -2.35. The van der Waals surface area contributed by atoms with Crippen LogP contribution in [-0.2, 0) is 31.8 Å². The molecule has 3 unspecified atom stereocenters. The van der Waals surface area contributed by atoms with E-state index in [1.807, 2.05) is 13.8 Å². The molecular weight excluding hydrogens is 525 g/mol. The van der Waals surface area contributed by atoms with Gasteiger partial charge in [0.2, 0.25) is 5.91 Å². The highest BCUT2D eigenvalue weighted by Crippen LogP contribution is 2.39. The van der Waals surface area contributed by atoms with Crippen LogP contribution in [0.25, 0.3) is 0 Å². The van der Waals surface area contributed by atoms with E-state index in [0.29, 0.717) is 35.5 Å². The average Bonchev–Trinajstić information content (AvgIpc) is 2.89. The zero-order chi connectivity index (χ0) is 29.2. The highest BCUT2D eigenvalue weighted by atomic mass is 19.4. The van der Waals surface area contributed by atoms with E-state index < -0.39 is 23.6 Å². The fourth-order valence-electron chi connectivity index (χ4n) is 5.38. The number of morpholine rings is 1. The van der Waals surface area contributed by atoms with Crippen LogP contribution in [-0.4, -0.2) is 59.5 Å². The molecule has 0 bridgehead atoms. The quantitative estimate of drug-likeness (QED) is 0.450. The first-order valence-corrected chi connectivity index (χ1v) is 13.3. The van der Waals surface area contributed by atoms with Crippen molar-refractivity contribution >= 4 is 17.8 Å². The number of hydrogen-bond donors (Lipinski definition) is 0. The van der Waals surface area contributed by atoms with Crippen molar-refractivity contribution in [3.8, 4) is 0 Å². The standard InChI is InChI=1S/C30H33F3N2O5/c1-5-39-29(38)27-20(4)35(26(36)14-25(27)22-9-11-24(12-10-22)30(31,32)33)17-21-7-6-8-23(13-21)28(37)34-15-18(2)40-19(3)16-34/h6-13,18-19,25H,5,14-17H2,1-4H3.